The summed E-state index contributed by atoms with van der Waals surface area (Å²) < 4.78 is 0. The van der Waals surface area contributed by atoms with E-state index in [0.717, 1.165) is 6.42 Å². The minimum atomic E-state index is 0.374. The van der Waals surface area contributed by atoms with Crippen LogP contribution in [0.2, 0.25) is 0 Å². The zero-order chi connectivity index (χ0) is 7.84. The molecular formula is C8H13NOS. The maximum atomic E-state index is 11.1. The van der Waals surface area contributed by atoms with E-state index in [1.807, 2.05) is 11.8 Å². The quantitative estimate of drug-likeness (QED) is 0.586. The number of carbonyl (C=O) groups is 1. The van der Waals surface area contributed by atoms with Gasteiger partial charge in [-0.1, -0.05) is 13.3 Å². The highest BCUT2D eigenvalue weighted by Crippen LogP contribution is 2.40. The van der Waals surface area contributed by atoms with Crippen LogP contribution in [-0.4, -0.2) is 28.0 Å². The zero-order valence-electron chi connectivity index (χ0n) is 6.75. The number of fused-ring (bicyclic) bond motifs is 1. The van der Waals surface area contributed by atoms with Crippen molar-refractivity contribution in [1.82, 2.24) is 4.90 Å². The Hall–Kier alpha value is -0.180. The summed E-state index contributed by atoms with van der Waals surface area (Å²) in [6.45, 7) is 2.18. The van der Waals surface area contributed by atoms with E-state index in [1.165, 1.54) is 18.6 Å². The molecule has 0 aliphatic carbocycles. The van der Waals surface area contributed by atoms with Crippen LogP contribution in [0.1, 0.15) is 26.2 Å². The Labute approximate surface area is 71.3 Å². The Bertz CT molecular complexity index is 181. The largest absolute Gasteiger partial charge is 0.326 e. The van der Waals surface area contributed by atoms with Crippen LogP contribution in [0.4, 0.5) is 0 Å². The molecule has 0 aromatic carbocycles. The number of hydrogen-bond donors (Lipinski definition) is 0. The predicted octanol–water partition coefficient (Wildman–Crippen LogP) is 1.46. The number of β-lactam (4-membered cyclic amide) rings is 1. The molecule has 0 radical (unpaired) electrons. The average Bonchev–Trinajstić information content (AvgIpc) is 2.26. The van der Waals surface area contributed by atoms with Crippen LogP contribution < -0.4 is 0 Å². The summed E-state index contributed by atoms with van der Waals surface area (Å²) in [5.41, 5.74) is 0. The molecule has 2 atom stereocenters. The van der Waals surface area contributed by atoms with Crippen LogP contribution in [0.5, 0.6) is 0 Å². The molecule has 2 rings (SSSR count). The van der Waals surface area contributed by atoms with Gasteiger partial charge >= 0.3 is 0 Å². The first-order valence-electron chi connectivity index (χ1n) is 4.25. The van der Waals surface area contributed by atoms with Crippen LogP contribution >= 0.6 is 11.8 Å². The lowest BCUT2D eigenvalue weighted by molar-refractivity contribution is -0.143. The van der Waals surface area contributed by atoms with Crippen molar-refractivity contribution in [2.24, 2.45) is 0 Å². The normalized spacial score (nSPS) is 35.4. The van der Waals surface area contributed by atoms with Gasteiger partial charge in [0.15, 0.2) is 0 Å². The molecule has 0 saturated carbocycles. The van der Waals surface area contributed by atoms with Crippen molar-refractivity contribution < 1.29 is 4.79 Å². The summed E-state index contributed by atoms with van der Waals surface area (Å²) in [7, 11) is 0. The van der Waals surface area contributed by atoms with E-state index in [9.17, 15) is 4.79 Å². The van der Waals surface area contributed by atoms with Gasteiger partial charge in [-0.05, 0) is 6.42 Å². The molecule has 0 spiro atoms. The fourth-order valence-corrected chi connectivity index (χ4v) is 3.32. The van der Waals surface area contributed by atoms with Crippen LogP contribution in [0.3, 0.4) is 0 Å². The van der Waals surface area contributed by atoms with E-state index in [-0.39, 0.29) is 0 Å². The van der Waals surface area contributed by atoms with Gasteiger partial charge < -0.3 is 4.90 Å². The number of amides is 1. The van der Waals surface area contributed by atoms with Gasteiger partial charge in [0.1, 0.15) is 0 Å². The summed E-state index contributed by atoms with van der Waals surface area (Å²) >= 11 is 1.95. The van der Waals surface area contributed by atoms with E-state index in [0.29, 0.717) is 17.3 Å². The van der Waals surface area contributed by atoms with E-state index < -0.39 is 0 Å². The zero-order valence-corrected chi connectivity index (χ0v) is 7.56. The second-order valence-corrected chi connectivity index (χ2v) is 4.45. The minimum absolute atomic E-state index is 0.374. The van der Waals surface area contributed by atoms with Crippen molar-refractivity contribution in [3.63, 3.8) is 0 Å². The summed E-state index contributed by atoms with van der Waals surface area (Å²) in [4.78, 5) is 13.2. The van der Waals surface area contributed by atoms with Gasteiger partial charge in [0.05, 0.1) is 11.8 Å². The van der Waals surface area contributed by atoms with Gasteiger partial charge in [-0.25, -0.2) is 0 Å². The Kier molecular flexibility index (Phi) is 1.83. The second-order valence-electron chi connectivity index (χ2n) is 3.24. The van der Waals surface area contributed by atoms with Crippen LogP contribution in [0.15, 0.2) is 0 Å². The molecule has 2 unspecified atom stereocenters. The molecule has 2 heterocycles. The van der Waals surface area contributed by atoms with Crippen molar-refractivity contribution >= 4 is 17.7 Å². The van der Waals surface area contributed by atoms with Gasteiger partial charge in [-0.2, -0.15) is 0 Å². The van der Waals surface area contributed by atoms with Crippen molar-refractivity contribution in [2.75, 3.05) is 5.75 Å². The van der Waals surface area contributed by atoms with Gasteiger partial charge in [0.25, 0.3) is 0 Å². The summed E-state index contributed by atoms with van der Waals surface area (Å²) in [6.07, 6.45) is 3.18. The summed E-state index contributed by atoms with van der Waals surface area (Å²) in [6, 6.07) is 0.566. The number of nitrogens with zero attached hydrogens (tertiary/aromatic N) is 1. The van der Waals surface area contributed by atoms with Crippen molar-refractivity contribution in [1.29, 1.82) is 0 Å². The fourth-order valence-electron chi connectivity index (χ4n) is 1.84. The standard InChI is InChI=1S/C8H13NOS/c1-2-3-6-5-11-8-4-7(10)9(6)8/h6,8H,2-5H2,1H3. The lowest BCUT2D eigenvalue weighted by Crippen LogP contribution is -2.51. The Morgan fingerprint density at radius 3 is 3.18 bits per heavy atom. The molecule has 62 valence electrons. The first kappa shape index (κ1) is 7.47. The summed E-state index contributed by atoms with van der Waals surface area (Å²) in [5, 5.41) is 0.555. The minimum Gasteiger partial charge on any atom is -0.326 e. The van der Waals surface area contributed by atoms with Gasteiger partial charge in [0, 0.05) is 11.8 Å². The highest BCUT2D eigenvalue weighted by atomic mass is 32.2. The van der Waals surface area contributed by atoms with E-state index >= 15 is 0 Å². The lowest BCUT2D eigenvalue weighted by Gasteiger charge is -2.37. The highest BCUT2D eigenvalue weighted by molar-refractivity contribution is 8.00. The molecule has 2 nitrogen and oxygen atoms in total. The molecule has 2 fully saturated rings. The summed E-state index contributed by atoms with van der Waals surface area (Å²) in [5.74, 6) is 1.54. The molecule has 0 bridgehead atoms. The third-order valence-electron chi connectivity index (χ3n) is 2.44. The van der Waals surface area contributed by atoms with E-state index in [2.05, 4.69) is 11.8 Å². The molecule has 0 N–H and O–H groups in total. The lowest BCUT2D eigenvalue weighted by atomic mass is 10.1. The second kappa shape index (κ2) is 2.70. The molecule has 0 aromatic heterocycles. The molecule has 1 amide bonds. The third-order valence-corrected chi connectivity index (χ3v) is 3.80. The third kappa shape index (κ3) is 1.06. The topological polar surface area (TPSA) is 20.3 Å². The first-order chi connectivity index (χ1) is 5.33. The van der Waals surface area contributed by atoms with Crippen molar-refractivity contribution in [3.8, 4) is 0 Å². The van der Waals surface area contributed by atoms with Gasteiger partial charge in [0.2, 0.25) is 5.91 Å². The van der Waals surface area contributed by atoms with Crippen LogP contribution in [-0.2, 0) is 4.79 Å². The Morgan fingerprint density at radius 1 is 1.73 bits per heavy atom. The molecule has 3 heteroatoms. The maximum absolute atomic E-state index is 11.1. The molecule has 11 heavy (non-hydrogen) atoms. The van der Waals surface area contributed by atoms with E-state index in [1.54, 1.807) is 0 Å². The first-order valence-corrected chi connectivity index (χ1v) is 5.30. The SMILES string of the molecule is CCCC1CSC2CC(=O)N12. The Morgan fingerprint density at radius 2 is 2.55 bits per heavy atom. The highest BCUT2D eigenvalue weighted by Gasteiger charge is 2.45. The number of hydrogen-bond acceptors (Lipinski definition) is 2. The average molecular weight is 171 g/mol. The maximum Gasteiger partial charge on any atom is 0.226 e. The molecule has 2 saturated heterocycles. The van der Waals surface area contributed by atoms with E-state index in [4.69, 9.17) is 0 Å². The number of rotatable bonds is 2. The van der Waals surface area contributed by atoms with Crippen molar-refractivity contribution in [3.05, 3.63) is 0 Å². The fraction of sp³-hybridized carbons (Fsp3) is 0.875. The monoisotopic (exact) mass is 171 g/mol. The number of thioether (sulfide) groups is 1. The molecule has 2 aliphatic rings. The van der Waals surface area contributed by atoms with Gasteiger partial charge in [-0.3, -0.25) is 4.79 Å². The van der Waals surface area contributed by atoms with Gasteiger partial charge in [-0.15, -0.1) is 11.8 Å². The molecule has 0 aromatic rings. The predicted molar refractivity (Wildman–Crippen MR) is 46.4 cm³/mol. The van der Waals surface area contributed by atoms with Crippen LogP contribution in [0.25, 0.3) is 0 Å². The number of carbonyl (C=O) groups excluding carboxylic acids is 1. The Balaban J connectivity index is 1.97. The van der Waals surface area contributed by atoms with Crippen molar-refractivity contribution in [2.45, 2.75) is 37.6 Å². The molecule has 2 aliphatic heterocycles. The van der Waals surface area contributed by atoms with Crippen LogP contribution in [0, 0.1) is 0 Å². The molecular weight excluding hydrogens is 158 g/mol. The smallest absolute Gasteiger partial charge is 0.226 e.